The average molecular weight is 400 g/mol. The summed E-state index contributed by atoms with van der Waals surface area (Å²) in [4.78, 5) is 0. The second-order valence-corrected chi connectivity index (χ2v) is 8.48. The third-order valence-electron chi connectivity index (χ3n) is 4.01. The molecule has 1 atom stereocenters. The minimum Gasteiger partial charge on any atom is -0.467 e. The van der Waals surface area contributed by atoms with E-state index in [1.807, 2.05) is 12.1 Å². The van der Waals surface area contributed by atoms with Gasteiger partial charge in [-0.05, 0) is 25.0 Å². The van der Waals surface area contributed by atoms with E-state index in [4.69, 9.17) is 25.8 Å². The molecule has 134 valence electrons. The average Bonchev–Trinajstić information content (AvgIpc) is 3.29. The quantitative estimate of drug-likeness (QED) is 0.738. The molecule has 0 saturated carbocycles. The van der Waals surface area contributed by atoms with Gasteiger partial charge in [-0.3, -0.25) is 0 Å². The number of hydrogen-bond acceptors (Lipinski definition) is 8. The van der Waals surface area contributed by atoms with Gasteiger partial charge in [0.25, 0.3) is 0 Å². The Hall–Kier alpha value is -1.06. The molecule has 3 heterocycles. The van der Waals surface area contributed by atoms with E-state index < -0.39 is 0 Å². The standard InChI is InChI=1S/C16H18ClN3O3S2/c17-12-4-10-7-21-9-23-14(10)11(5-12)8-24-16-20-19-15(25-16)18-6-13-2-1-3-22-13/h4-5,13H,1-3,6-9H2,(H,18,19)/t13-/m0/s1. The first-order valence-electron chi connectivity index (χ1n) is 8.11. The molecule has 25 heavy (non-hydrogen) atoms. The fourth-order valence-electron chi connectivity index (χ4n) is 2.85. The monoisotopic (exact) mass is 399 g/mol. The van der Waals surface area contributed by atoms with Crippen molar-refractivity contribution in [2.75, 3.05) is 25.3 Å². The minimum atomic E-state index is 0.280. The van der Waals surface area contributed by atoms with E-state index in [1.165, 1.54) is 0 Å². The van der Waals surface area contributed by atoms with E-state index in [1.54, 1.807) is 23.1 Å². The van der Waals surface area contributed by atoms with Gasteiger partial charge in [0.1, 0.15) is 5.75 Å². The van der Waals surface area contributed by atoms with Crippen molar-refractivity contribution < 1.29 is 14.2 Å². The van der Waals surface area contributed by atoms with Gasteiger partial charge < -0.3 is 19.5 Å². The van der Waals surface area contributed by atoms with Crippen LogP contribution < -0.4 is 10.1 Å². The minimum absolute atomic E-state index is 0.280. The number of fused-ring (bicyclic) bond motifs is 1. The molecule has 2 aromatic rings. The Kier molecular flexibility index (Phi) is 5.62. The molecule has 2 aliphatic heterocycles. The van der Waals surface area contributed by atoms with Crippen molar-refractivity contribution in [2.24, 2.45) is 0 Å². The first-order valence-corrected chi connectivity index (χ1v) is 10.3. The maximum absolute atomic E-state index is 6.20. The predicted octanol–water partition coefficient (Wildman–Crippen LogP) is 3.94. The molecule has 0 aliphatic carbocycles. The molecule has 1 N–H and O–H groups in total. The fourth-order valence-corrected chi connectivity index (χ4v) is 4.84. The van der Waals surface area contributed by atoms with Crippen LogP contribution in [0.4, 0.5) is 5.13 Å². The van der Waals surface area contributed by atoms with Crippen molar-refractivity contribution in [1.29, 1.82) is 0 Å². The normalized spacial score (nSPS) is 19.5. The summed E-state index contributed by atoms with van der Waals surface area (Å²) in [6.45, 7) is 2.46. The number of ether oxygens (including phenoxy) is 3. The maximum Gasteiger partial charge on any atom is 0.206 e. The molecule has 1 aromatic heterocycles. The number of thioether (sulfide) groups is 1. The molecule has 0 radical (unpaired) electrons. The van der Waals surface area contributed by atoms with Gasteiger partial charge in [-0.2, -0.15) is 0 Å². The van der Waals surface area contributed by atoms with E-state index in [2.05, 4.69) is 15.5 Å². The number of halogens is 1. The molecule has 0 unspecified atom stereocenters. The summed E-state index contributed by atoms with van der Waals surface area (Å²) in [5.41, 5.74) is 2.05. The van der Waals surface area contributed by atoms with Gasteiger partial charge >= 0.3 is 0 Å². The number of hydrogen-bond donors (Lipinski definition) is 1. The predicted molar refractivity (Wildman–Crippen MR) is 98.7 cm³/mol. The van der Waals surface area contributed by atoms with Gasteiger partial charge in [0.05, 0.1) is 12.7 Å². The summed E-state index contributed by atoms with van der Waals surface area (Å²) in [7, 11) is 0. The van der Waals surface area contributed by atoms with Gasteiger partial charge in [-0.15, -0.1) is 10.2 Å². The molecule has 1 aromatic carbocycles. The van der Waals surface area contributed by atoms with Crippen molar-refractivity contribution in [3.8, 4) is 5.75 Å². The van der Waals surface area contributed by atoms with Crippen molar-refractivity contribution in [2.45, 2.75) is 35.6 Å². The van der Waals surface area contributed by atoms with Gasteiger partial charge in [-0.25, -0.2) is 0 Å². The number of aromatic nitrogens is 2. The van der Waals surface area contributed by atoms with Crippen LogP contribution in [0.15, 0.2) is 16.5 Å². The van der Waals surface area contributed by atoms with Crippen molar-refractivity contribution in [1.82, 2.24) is 10.2 Å². The third-order valence-corrected chi connectivity index (χ3v) is 6.30. The van der Waals surface area contributed by atoms with Crippen LogP contribution >= 0.6 is 34.7 Å². The van der Waals surface area contributed by atoms with Crippen molar-refractivity contribution in [3.05, 3.63) is 28.3 Å². The summed E-state index contributed by atoms with van der Waals surface area (Å²) >= 11 is 9.38. The van der Waals surface area contributed by atoms with E-state index in [0.29, 0.717) is 11.6 Å². The molecule has 1 fully saturated rings. The topological polar surface area (TPSA) is 65.5 Å². The lowest BCUT2D eigenvalue weighted by Gasteiger charge is -2.20. The second-order valence-electron chi connectivity index (χ2n) is 5.84. The van der Waals surface area contributed by atoms with Gasteiger partial charge in [0.2, 0.25) is 5.13 Å². The molecule has 0 amide bonds. The number of anilines is 1. The molecular formula is C16H18ClN3O3S2. The third kappa shape index (κ3) is 4.38. The van der Waals surface area contributed by atoms with Crippen LogP contribution in [0.1, 0.15) is 24.0 Å². The van der Waals surface area contributed by atoms with Crippen LogP contribution in [-0.2, 0) is 21.8 Å². The largest absolute Gasteiger partial charge is 0.467 e. The van der Waals surface area contributed by atoms with Crippen LogP contribution in [0, 0.1) is 0 Å². The Morgan fingerprint density at radius 1 is 1.36 bits per heavy atom. The lowest BCUT2D eigenvalue weighted by Crippen LogP contribution is -2.18. The summed E-state index contributed by atoms with van der Waals surface area (Å²) in [5, 5.41) is 13.3. The zero-order valence-corrected chi connectivity index (χ0v) is 15.9. The van der Waals surface area contributed by atoms with E-state index in [0.717, 1.165) is 58.1 Å². The van der Waals surface area contributed by atoms with Crippen LogP contribution in [0.5, 0.6) is 5.75 Å². The summed E-state index contributed by atoms with van der Waals surface area (Å²) < 4.78 is 17.5. The number of nitrogens with one attached hydrogen (secondary N) is 1. The molecule has 4 rings (SSSR count). The van der Waals surface area contributed by atoms with Gasteiger partial charge in [0, 0.05) is 35.1 Å². The zero-order chi connectivity index (χ0) is 17.1. The van der Waals surface area contributed by atoms with Crippen molar-refractivity contribution >= 4 is 39.8 Å². The first kappa shape index (κ1) is 17.4. The lowest BCUT2D eigenvalue weighted by molar-refractivity contribution is -0.0168. The zero-order valence-electron chi connectivity index (χ0n) is 13.5. The smallest absolute Gasteiger partial charge is 0.206 e. The molecule has 0 spiro atoms. The lowest BCUT2D eigenvalue weighted by atomic mass is 10.1. The Balaban J connectivity index is 1.36. The number of rotatable bonds is 6. The molecule has 9 heteroatoms. The Morgan fingerprint density at radius 2 is 2.32 bits per heavy atom. The van der Waals surface area contributed by atoms with Crippen LogP contribution in [0.2, 0.25) is 5.02 Å². The highest BCUT2D eigenvalue weighted by atomic mass is 35.5. The Bertz CT molecular complexity index is 737. The highest BCUT2D eigenvalue weighted by Crippen LogP contribution is 2.36. The summed E-state index contributed by atoms with van der Waals surface area (Å²) in [6.07, 6.45) is 2.54. The van der Waals surface area contributed by atoms with Crippen LogP contribution in [0.3, 0.4) is 0 Å². The Labute approximate surface area is 159 Å². The Morgan fingerprint density at radius 3 is 3.20 bits per heavy atom. The van der Waals surface area contributed by atoms with E-state index in [9.17, 15) is 0 Å². The fraction of sp³-hybridized carbons (Fsp3) is 0.500. The van der Waals surface area contributed by atoms with E-state index >= 15 is 0 Å². The SMILES string of the molecule is Clc1cc2c(c(CSc3nnc(NC[C@@H]4CCCO4)s3)c1)OCOC2. The van der Waals surface area contributed by atoms with Gasteiger partial charge in [-0.1, -0.05) is 34.7 Å². The summed E-state index contributed by atoms with van der Waals surface area (Å²) in [5.74, 6) is 1.60. The molecule has 0 bridgehead atoms. The second kappa shape index (κ2) is 8.09. The molecule has 1 saturated heterocycles. The number of benzene rings is 1. The highest BCUT2D eigenvalue weighted by molar-refractivity contribution is 8.00. The van der Waals surface area contributed by atoms with Gasteiger partial charge in [0.15, 0.2) is 11.1 Å². The van der Waals surface area contributed by atoms with Crippen LogP contribution in [-0.4, -0.2) is 36.2 Å². The van der Waals surface area contributed by atoms with Crippen LogP contribution in [0.25, 0.3) is 0 Å². The maximum atomic E-state index is 6.20. The molecule has 2 aliphatic rings. The molecular weight excluding hydrogens is 382 g/mol. The highest BCUT2D eigenvalue weighted by Gasteiger charge is 2.18. The summed E-state index contributed by atoms with van der Waals surface area (Å²) in [6, 6.07) is 3.83. The van der Waals surface area contributed by atoms with E-state index in [-0.39, 0.29) is 12.9 Å². The number of nitrogens with zero attached hydrogens (tertiary/aromatic N) is 2. The van der Waals surface area contributed by atoms with Crippen molar-refractivity contribution in [3.63, 3.8) is 0 Å². The first-order chi connectivity index (χ1) is 12.3. The molecule has 6 nitrogen and oxygen atoms in total.